The number of thioether (sulfide) groups is 1. The summed E-state index contributed by atoms with van der Waals surface area (Å²) in [5, 5.41) is 3.18. The zero-order chi connectivity index (χ0) is 14.8. The third-order valence-corrected chi connectivity index (χ3v) is 4.61. The predicted octanol–water partition coefficient (Wildman–Crippen LogP) is 2.92. The van der Waals surface area contributed by atoms with Gasteiger partial charge in [-0.3, -0.25) is 9.59 Å². The molecule has 0 unspecified atom stereocenters. The number of nitrogens with zero attached hydrogens (tertiary/aromatic N) is 1. The monoisotopic (exact) mass is 320 g/mol. The van der Waals surface area contributed by atoms with Crippen molar-refractivity contribution < 1.29 is 14.3 Å². The van der Waals surface area contributed by atoms with E-state index in [2.05, 4.69) is 10.3 Å². The van der Waals surface area contributed by atoms with E-state index in [0.29, 0.717) is 11.7 Å². The summed E-state index contributed by atoms with van der Waals surface area (Å²) in [6.45, 7) is 1.90. The molecule has 108 valence electrons. The van der Waals surface area contributed by atoms with Crippen LogP contribution in [0.1, 0.15) is 11.8 Å². The number of amides is 1. The Balaban J connectivity index is 1.78. The lowest BCUT2D eigenvalue weighted by atomic mass is 10.1. The molecule has 0 spiro atoms. The highest BCUT2D eigenvalue weighted by atomic mass is 32.2. The second-order valence-electron chi connectivity index (χ2n) is 4.40. The lowest BCUT2D eigenvalue weighted by Gasteiger charge is -2.15. The van der Waals surface area contributed by atoms with Crippen LogP contribution in [0.2, 0.25) is 0 Å². The lowest BCUT2D eigenvalue weighted by Crippen LogP contribution is -2.14. The number of anilines is 1. The van der Waals surface area contributed by atoms with Gasteiger partial charge >= 0.3 is 0 Å². The molecule has 0 saturated carbocycles. The highest BCUT2D eigenvalue weighted by Gasteiger charge is 2.22. The topological polar surface area (TPSA) is 68.3 Å². The first-order chi connectivity index (χ1) is 10.1. The average Bonchev–Trinajstić information content (AvgIpc) is 2.88. The van der Waals surface area contributed by atoms with Gasteiger partial charge in [-0.25, -0.2) is 4.98 Å². The van der Waals surface area contributed by atoms with E-state index in [1.54, 1.807) is 0 Å². The normalized spacial score (nSPS) is 12.0. The second-order valence-corrected chi connectivity index (χ2v) is 6.64. The van der Waals surface area contributed by atoms with E-state index in [0.717, 1.165) is 33.6 Å². The van der Waals surface area contributed by atoms with Gasteiger partial charge in [0, 0.05) is 12.5 Å². The van der Waals surface area contributed by atoms with Crippen molar-refractivity contribution >= 4 is 39.3 Å². The first-order valence-corrected chi connectivity index (χ1v) is 8.09. The van der Waals surface area contributed by atoms with Crippen molar-refractivity contribution in [3.05, 3.63) is 29.1 Å². The van der Waals surface area contributed by atoms with Crippen molar-refractivity contribution in [2.24, 2.45) is 0 Å². The molecule has 0 aliphatic carbocycles. The van der Waals surface area contributed by atoms with E-state index in [9.17, 15) is 9.59 Å². The molecule has 21 heavy (non-hydrogen) atoms. The molecule has 0 fully saturated rings. The van der Waals surface area contributed by atoms with Crippen molar-refractivity contribution in [2.45, 2.75) is 13.5 Å². The number of carbonyl (C=O) groups excluding carboxylic acids is 2. The van der Waals surface area contributed by atoms with Crippen LogP contribution in [-0.4, -0.2) is 21.8 Å². The maximum Gasteiger partial charge on any atom is 0.236 e. The van der Waals surface area contributed by atoms with Crippen molar-refractivity contribution in [1.29, 1.82) is 0 Å². The molecule has 0 atom stereocenters. The molecule has 1 amide bonds. The number of rotatable bonds is 3. The molecule has 1 aromatic carbocycles. The summed E-state index contributed by atoms with van der Waals surface area (Å²) in [6, 6.07) is 7.69. The summed E-state index contributed by atoms with van der Waals surface area (Å²) >= 11 is 2.38. The Kier molecular flexibility index (Phi) is 3.94. The quantitative estimate of drug-likeness (QED) is 0.942. The van der Waals surface area contributed by atoms with Gasteiger partial charge in [-0.1, -0.05) is 35.2 Å². The number of thiazole rings is 1. The predicted molar refractivity (Wildman–Crippen MR) is 83.7 cm³/mol. The highest BCUT2D eigenvalue weighted by molar-refractivity contribution is 8.14. The smallest absolute Gasteiger partial charge is 0.236 e. The summed E-state index contributed by atoms with van der Waals surface area (Å²) < 4.78 is 5.66. The molecule has 1 aliphatic rings. The Bertz CT molecular complexity index is 712. The Hall–Kier alpha value is -1.86. The number of fused-ring (bicyclic) bond motifs is 3. The van der Waals surface area contributed by atoms with Crippen LogP contribution in [0.5, 0.6) is 5.75 Å². The summed E-state index contributed by atoms with van der Waals surface area (Å²) in [6.07, 6.45) is 0. The van der Waals surface area contributed by atoms with Crippen LogP contribution in [0, 0.1) is 0 Å². The van der Waals surface area contributed by atoms with Gasteiger partial charge in [-0.2, -0.15) is 0 Å². The van der Waals surface area contributed by atoms with Crippen LogP contribution in [0.25, 0.3) is 11.3 Å². The van der Waals surface area contributed by atoms with Gasteiger partial charge in [0.2, 0.25) is 5.91 Å². The standard InChI is InChI=1S/C14H12N2O3S2/c1-8(17)20-7-12(18)15-14-16-13-9-4-2-3-5-10(9)19-6-11(13)21-14/h2-5H,6-7H2,1H3,(H,15,16,18). The lowest BCUT2D eigenvalue weighted by molar-refractivity contribution is -0.114. The molecule has 0 saturated heterocycles. The van der Waals surface area contributed by atoms with Crippen LogP contribution in [0.15, 0.2) is 24.3 Å². The number of hydrogen-bond acceptors (Lipinski definition) is 6. The summed E-state index contributed by atoms with van der Waals surface area (Å²) in [5.74, 6) is 0.683. The van der Waals surface area contributed by atoms with Gasteiger partial charge in [0.15, 0.2) is 10.2 Å². The number of para-hydroxylation sites is 1. The minimum atomic E-state index is -0.226. The van der Waals surface area contributed by atoms with E-state index in [4.69, 9.17) is 4.74 Å². The maximum atomic E-state index is 11.7. The number of hydrogen-bond donors (Lipinski definition) is 1. The molecule has 0 bridgehead atoms. The number of aromatic nitrogens is 1. The average molecular weight is 320 g/mol. The second kappa shape index (κ2) is 5.87. The molecule has 1 N–H and O–H groups in total. The van der Waals surface area contributed by atoms with E-state index in [-0.39, 0.29) is 16.8 Å². The van der Waals surface area contributed by atoms with Gasteiger partial charge in [-0.15, -0.1) is 0 Å². The van der Waals surface area contributed by atoms with E-state index in [1.807, 2.05) is 24.3 Å². The Labute approximate surface area is 129 Å². The first kappa shape index (κ1) is 14.1. The Morgan fingerprint density at radius 2 is 2.24 bits per heavy atom. The third-order valence-electron chi connectivity index (χ3n) is 2.85. The first-order valence-electron chi connectivity index (χ1n) is 6.28. The molecule has 0 radical (unpaired) electrons. The van der Waals surface area contributed by atoms with Crippen LogP contribution >= 0.6 is 23.1 Å². The summed E-state index contributed by atoms with van der Waals surface area (Å²) in [7, 11) is 0. The fraction of sp³-hybridized carbons (Fsp3) is 0.214. The molecule has 1 aliphatic heterocycles. The molecule has 7 heteroatoms. The third kappa shape index (κ3) is 3.08. The largest absolute Gasteiger partial charge is 0.487 e. The minimum Gasteiger partial charge on any atom is -0.487 e. The van der Waals surface area contributed by atoms with Gasteiger partial charge in [-0.05, 0) is 12.1 Å². The SMILES string of the molecule is CC(=O)SCC(=O)Nc1nc2c(s1)COc1ccccc1-2. The highest BCUT2D eigenvalue weighted by Crippen LogP contribution is 2.40. The molecule has 5 nitrogen and oxygen atoms in total. The van der Waals surface area contributed by atoms with Crippen molar-refractivity contribution in [3.63, 3.8) is 0 Å². The Morgan fingerprint density at radius 1 is 1.43 bits per heavy atom. The molecular formula is C14H12N2O3S2. The zero-order valence-electron chi connectivity index (χ0n) is 11.2. The molecule has 2 heterocycles. The number of ether oxygens (including phenoxy) is 1. The fourth-order valence-electron chi connectivity index (χ4n) is 1.97. The van der Waals surface area contributed by atoms with Crippen LogP contribution in [0.3, 0.4) is 0 Å². The van der Waals surface area contributed by atoms with Crippen molar-refractivity contribution in [3.8, 4) is 17.0 Å². The number of carbonyl (C=O) groups is 2. The summed E-state index contributed by atoms with van der Waals surface area (Å²) in [5.41, 5.74) is 1.80. The molecular weight excluding hydrogens is 308 g/mol. The fourth-order valence-corrected chi connectivity index (χ4v) is 3.28. The van der Waals surface area contributed by atoms with Crippen LogP contribution in [-0.2, 0) is 16.2 Å². The summed E-state index contributed by atoms with van der Waals surface area (Å²) in [4.78, 5) is 28.0. The number of nitrogens with one attached hydrogen (secondary N) is 1. The van der Waals surface area contributed by atoms with Crippen molar-refractivity contribution in [2.75, 3.05) is 11.1 Å². The van der Waals surface area contributed by atoms with Gasteiger partial charge in [0.25, 0.3) is 0 Å². The zero-order valence-corrected chi connectivity index (χ0v) is 12.8. The van der Waals surface area contributed by atoms with Crippen LogP contribution in [0.4, 0.5) is 5.13 Å². The van der Waals surface area contributed by atoms with Crippen molar-refractivity contribution in [1.82, 2.24) is 4.98 Å². The van der Waals surface area contributed by atoms with E-state index >= 15 is 0 Å². The Morgan fingerprint density at radius 3 is 3.05 bits per heavy atom. The van der Waals surface area contributed by atoms with Gasteiger partial charge in [0.05, 0.1) is 16.3 Å². The van der Waals surface area contributed by atoms with E-state index < -0.39 is 0 Å². The molecule has 3 rings (SSSR count). The van der Waals surface area contributed by atoms with Gasteiger partial charge in [0.1, 0.15) is 12.4 Å². The van der Waals surface area contributed by atoms with Gasteiger partial charge < -0.3 is 10.1 Å². The molecule has 1 aromatic heterocycles. The maximum absolute atomic E-state index is 11.7. The minimum absolute atomic E-state index is 0.0779. The van der Waals surface area contributed by atoms with E-state index in [1.165, 1.54) is 18.3 Å². The number of benzene rings is 1. The molecule has 2 aromatic rings. The van der Waals surface area contributed by atoms with Crippen LogP contribution < -0.4 is 10.1 Å².